The van der Waals surface area contributed by atoms with Gasteiger partial charge in [-0.15, -0.1) is 0 Å². The molecule has 0 aromatic heterocycles. The zero-order chi connectivity index (χ0) is 15.4. The Labute approximate surface area is 125 Å². The van der Waals surface area contributed by atoms with Gasteiger partial charge in [0.05, 0.1) is 0 Å². The second-order valence-electron chi connectivity index (χ2n) is 8.05. The Morgan fingerprint density at radius 2 is 1.80 bits per heavy atom. The van der Waals surface area contributed by atoms with Crippen molar-refractivity contribution in [2.75, 3.05) is 6.54 Å². The van der Waals surface area contributed by atoms with Crippen LogP contribution >= 0.6 is 0 Å². The molecule has 3 N–H and O–H groups in total. The molecule has 0 radical (unpaired) electrons. The third-order valence-electron chi connectivity index (χ3n) is 4.65. The molecule has 0 saturated heterocycles. The van der Waals surface area contributed by atoms with Gasteiger partial charge in [0, 0.05) is 11.5 Å². The maximum atomic E-state index is 12.9. The molecular formula is C17H34N2O. The molecule has 3 nitrogen and oxygen atoms in total. The van der Waals surface area contributed by atoms with E-state index < -0.39 is 0 Å². The summed E-state index contributed by atoms with van der Waals surface area (Å²) in [5, 5.41) is 3.33. The van der Waals surface area contributed by atoms with E-state index in [0.717, 1.165) is 25.7 Å². The van der Waals surface area contributed by atoms with Gasteiger partial charge in [-0.25, -0.2) is 0 Å². The summed E-state index contributed by atoms with van der Waals surface area (Å²) in [6, 6.07) is 0.171. The van der Waals surface area contributed by atoms with Gasteiger partial charge in [-0.3, -0.25) is 4.79 Å². The molecule has 0 aromatic rings. The van der Waals surface area contributed by atoms with E-state index in [1.807, 2.05) is 0 Å². The quantitative estimate of drug-likeness (QED) is 0.783. The predicted octanol–water partition coefficient (Wildman–Crippen LogP) is 3.47. The Kier molecular flexibility index (Phi) is 6.06. The van der Waals surface area contributed by atoms with Gasteiger partial charge in [0.25, 0.3) is 0 Å². The van der Waals surface area contributed by atoms with Crippen molar-refractivity contribution in [3.63, 3.8) is 0 Å². The molecule has 1 unspecified atom stereocenters. The zero-order valence-corrected chi connectivity index (χ0v) is 14.1. The van der Waals surface area contributed by atoms with Crippen LogP contribution in [0.25, 0.3) is 0 Å². The molecule has 0 heterocycles. The lowest BCUT2D eigenvalue weighted by Gasteiger charge is -2.36. The second kappa shape index (κ2) is 6.93. The van der Waals surface area contributed by atoms with E-state index >= 15 is 0 Å². The normalized spacial score (nSPS) is 20.1. The van der Waals surface area contributed by atoms with E-state index in [1.165, 1.54) is 12.8 Å². The highest BCUT2D eigenvalue weighted by Gasteiger charge is 2.42. The van der Waals surface area contributed by atoms with E-state index in [0.29, 0.717) is 12.5 Å². The Morgan fingerprint density at radius 1 is 1.25 bits per heavy atom. The Hall–Kier alpha value is -0.570. The molecule has 1 atom stereocenters. The molecule has 0 spiro atoms. The molecular weight excluding hydrogens is 248 g/mol. The van der Waals surface area contributed by atoms with Crippen LogP contribution in [-0.4, -0.2) is 18.5 Å². The number of nitrogens with two attached hydrogens (primary N) is 1. The van der Waals surface area contributed by atoms with Crippen molar-refractivity contribution < 1.29 is 4.79 Å². The third kappa shape index (κ3) is 4.47. The van der Waals surface area contributed by atoms with Crippen LogP contribution in [0.3, 0.4) is 0 Å². The molecule has 0 bridgehead atoms. The summed E-state index contributed by atoms with van der Waals surface area (Å²) < 4.78 is 0. The summed E-state index contributed by atoms with van der Waals surface area (Å²) >= 11 is 0. The Bertz CT molecular complexity index is 311. The second-order valence-corrected chi connectivity index (χ2v) is 8.05. The molecule has 0 aromatic carbocycles. The van der Waals surface area contributed by atoms with Gasteiger partial charge < -0.3 is 11.1 Å². The highest BCUT2D eigenvalue weighted by molar-refractivity contribution is 5.83. The number of rotatable bonds is 6. The molecule has 0 aliphatic heterocycles. The van der Waals surface area contributed by atoms with Gasteiger partial charge in [0.15, 0.2) is 0 Å². The fourth-order valence-electron chi connectivity index (χ4n) is 3.56. The van der Waals surface area contributed by atoms with Crippen molar-refractivity contribution in [3.8, 4) is 0 Å². The lowest BCUT2D eigenvalue weighted by atomic mass is 9.76. The number of carbonyl (C=O) groups is 1. The average molecular weight is 282 g/mol. The molecule has 1 aliphatic rings. The number of nitrogens with one attached hydrogen (secondary N) is 1. The summed E-state index contributed by atoms with van der Waals surface area (Å²) in [6.45, 7) is 11.6. The summed E-state index contributed by atoms with van der Waals surface area (Å²) in [5.41, 5.74) is 5.66. The first-order valence-corrected chi connectivity index (χ1v) is 8.22. The van der Waals surface area contributed by atoms with Gasteiger partial charge >= 0.3 is 0 Å². The van der Waals surface area contributed by atoms with Gasteiger partial charge in [-0.1, -0.05) is 47.5 Å². The third-order valence-corrected chi connectivity index (χ3v) is 4.65. The van der Waals surface area contributed by atoms with Gasteiger partial charge in [-0.2, -0.15) is 0 Å². The van der Waals surface area contributed by atoms with Crippen LogP contribution in [0.2, 0.25) is 0 Å². The zero-order valence-electron chi connectivity index (χ0n) is 14.1. The van der Waals surface area contributed by atoms with Crippen molar-refractivity contribution in [2.24, 2.45) is 22.5 Å². The summed E-state index contributed by atoms with van der Waals surface area (Å²) in [5.74, 6) is 0.846. The topological polar surface area (TPSA) is 55.1 Å². The van der Waals surface area contributed by atoms with Crippen LogP contribution in [0.4, 0.5) is 0 Å². The molecule has 20 heavy (non-hydrogen) atoms. The summed E-state index contributed by atoms with van der Waals surface area (Å²) in [6.07, 6.45) is 6.35. The Balaban J connectivity index is 2.79. The lowest BCUT2D eigenvalue weighted by Crippen LogP contribution is -2.50. The standard InChI is InChI=1S/C17H34N2O/c1-13(2)12-17(9-6-7-10-17)15(20)19-14(8-11-18)16(3,4)5/h13-14H,6-12,18H2,1-5H3,(H,19,20). The number of amides is 1. The highest BCUT2D eigenvalue weighted by Crippen LogP contribution is 2.43. The predicted molar refractivity (Wildman–Crippen MR) is 85.4 cm³/mol. The van der Waals surface area contributed by atoms with Gasteiger partial charge in [0.2, 0.25) is 5.91 Å². The van der Waals surface area contributed by atoms with Crippen LogP contribution in [0.15, 0.2) is 0 Å². The smallest absolute Gasteiger partial charge is 0.226 e. The van der Waals surface area contributed by atoms with Crippen LogP contribution < -0.4 is 11.1 Å². The number of hydrogen-bond donors (Lipinski definition) is 2. The van der Waals surface area contributed by atoms with Crippen LogP contribution in [0.1, 0.15) is 73.1 Å². The van der Waals surface area contributed by atoms with Crippen molar-refractivity contribution in [1.82, 2.24) is 5.32 Å². The molecule has 1 rings (SSSR count). The van der Waals surface area contributed by atoms with Gasteiger partial charge in [0.1, 0.15) is 0 Å². The molecule has 1 aliphatic carbocycles. The van der Waals surface area contributed by atoms with Crippen LogP contribution in [0.5, 0.6) is 0 Å². The SMILES string of the molecule is CC(C)CC1(C(=O)NC(CCN)C(C)(C)C)CCCC1. The molecule has 1 amide bonds. The minimum Gasteiger partial charge on any atom is -0.352 e. The van der Waals surface area contributed by atoms with Crippen molar-refractivity contribution >= 4 is 5.91 Å². The fraction of sp³-hybridized carbons (Fsp3) is 0.941. The van der Waals surface area contributed by atoms with Crippen LogP contribution in [0, 0.1) is 16.7 Å². The average Bonchev–Trinajstić information content (AvgIpc) is 2.76. The van der Waals surface area contributed by atoms with Crippen molar-refractivity contribution in [3.05, 3.63) is 0 Å². The first-order valence-electron chi connectivity index (χ1n) is 8.22. The maximum Gasteiger partial charge on any atom is 0.226 e. The van der Waals surface area contributed by atoms with E-state index in [1.54, 1.807) is 0 Å². The maximum absolute atomic E-state index is 12.9. The van der Waals surface area contributed by atoms with E-state index in [-0.39, 0.29) is 22.8 Å². The lowest BCUT2D eigenvalue weighted by molar-refractivity contribution is -0.133. The van der Waals surface area contributed by atoms with Gasteiger partial charge in [-0.05, 0) is 43.6 Å². The van der Waals surface area contributed by atoms with E-state index in [9.17, 15) is 4.79 Å². The molecule has 1 saturated carbocycles. The minimum atomic E-state index is -0.119. The monoisotopic (exact) mass is 282 g/mol. The largest absolute Gasteiger partial charge is 0.352 e. The number of hydrogen-bond acceptors (Lipinski definition) is 2. The first kappa shape index (κ1) is 17.5. The van der Waals surface area contributed by atoms with E-state index in [2.05, 4.69) is 39.9 Å². The van der Waals surface area contributed by atoms with Crippen LogP contribution in [-0.2, 0) is 4.79 Å². The summed E-state index contributed by atoms with van der Waals surface area (Å²) in [4.78, 5) is 12.9. The minimum absolute atomic E-state index is 0.0622. The molecule has 118 valence electrons. The number of carbonyl (C=O) groups excluding carboxylic acids is 1. The Morgan fingerprint density at radius 3 is 2.20 bits per heavy atom. The first-order chi connectivity index (χ1) is 9.21. The summed E-state index contributed by atoms with van der Waals surface area (Å²) in [7, 11) is 0. The molecule has 1 fully saturated rings. The highest BCUT2D eigenvalue weighted by atomic mass is 16.2. The van der Waals surface area contributed by atoms with E-state index in [4.69, 9.17) is 5.73 Å². The van der Waals surface area contributed by atoms with Crippen molar-refractivity contribution in [2.45, 2.75) is 79.2 Å². The fourth-order valence-corrected chi connectivity index (χ4v) is 3.56. The van der Waals surface area contributed by atoms with Crippen molar-refractivity contribution in [1.29, 1.82) is 0 Å². The molecule has 3 heteroatoms.